The SMILES string of the molecule is CCCC[C@H](Nc1ccc(C(=O)CCCC(=O)O)cc1)c1ccc(-c2nc(-c3ccccc3)no2)cc1. The number of rotatable bonds is 13. The first-order valence-electron chi connectivity index (χ1n) is 12.6. The van der Waals surface area contributed by atoms with E-state index in [0.29, 0.717) is 23.7 Å². The molecule has 0 bridgehead atoms. The van der Waals surface area contributed by atoms with Crippen LogP contribution in [0.15, 0.2) is 83.4 Å². The van der Waals surface area contributed by atoms with Gasteiger partial charge in [-0.15, -0.1) is 0 Å². The van der Waals surface area contributed by atoms with Crippen molar-refractivity contribution in [2.75, 3.05) is 5.32 Å². The summed E-state index contributed by atoms with van der Waals surface area (Å²) in [5.41, 5.74) is 4.44. The molecule has 4 rings (SSSR count). The zero-order valence-electron chi connectivity index (χ0n) is 20.9. The molecule has 0 unspecified atom stereocenters. The Hall–Kier alpha value is -4.26. The minimum absolute atomic E-state index is 0.00393. The summed E-state index contributed by atoms with van der Waals surface area (Å²) in [5, 5.41) is 16.5. The molecule has 0 saturated heterocycles. The van der Waals surface area contributed by atoms with Crippen molar-refractivity contribution in [3.8, 4) is 22.8 Å². The number of carbonyl (C=O) groups is 2. The van der Waals surface area contributed by atoms with Crippen molar-refractivity contribution in [1.29, 1.82) is 0 Å². The van der Waals surface area contributed by atoms with Crippen LogP contribution in [-0.4, -0.2) is 27.0 Å². The van der Waals surface area contributed by atoms with E-state index in [1.54, 1.807) is 12.1 Å². The number of hydrogen-bond acceptors (Lipinski definition) is 6. The van der Waals surface area contributed by atoms with Crippen LogP contribution >= 0.6 is 0 Å². The number of unbranched alkanes of at least 4 members (excludes halogenated alkanes) is 1. The number of benzene rings is 3. The van der Waals surface area contributed by atoms with E-state index in [2.05, 4.69) is 34.5 Å². The lowest BCUT2D eigenvalue weighted by molar-refractivity contribution is -0.137. The maximum atomic E-state index is 12.3. The summed E-state index contributed by atoms with van der Waals surface area (Å²) in [4.78, 5) is 27.5. The number of Topliss-reactive ketones (excluding diaryl/α,β-unsaturated/α-hetero) is 1. The number of hydrogen-bond donors (Lipinski definition) is 2. The largest absolute Gasteiger partial charge is 0.481 e. The van der Waals surface area contributed by atoms with Gasteiger partial charge in [0.05, 0.1) is 6.04 Å². The molecule has 0 amide bonds. The maximum absolute atomic E-state index is 12.3. The van der Waals surface area contributed by atoms with Gasteiger partial charge >= 0.3 is 5.97 Å². The predicted molar refractivity (Wildman–Crippen MR) is 143 cm³/mol. The molecule has 0 spiro atoms. The molecule has 0 aliphatic heterocycles. The van der Waals surface area contributed by atoms with E-state index >= 15 is 0 Å². The van der Waals surface area contributed by atoms with Gasteiger partial charge in [-0.25, -0.2) is 0 Å². The number of anilines is 1. The molecular formula is C30H31N3O4. The Morgan fingerprint density at radius 2 is 1.62 bits per heavy atom. The fourth-order valence-electron chi connectivity index (χ4n) is 4.13. The Morgan fingerprint density at radius 3 is 2.30 bits per heavy atom. The van der Waals surface area contributed by atoms with Gasteiger partial charge in [0.1, 0.15) is 0 Å². The standard InChI is InChI=1S/C30H31N3O4/c1-2-3-10-26(31-25-19-17-22(18-20-25)27(34)11-7-12-28(35)36)21-13-15-24(16-14-21)30-32-29(33-37-30)23-8-5-4-6-9-23/h4-6,8-9,13-20,26,31H,2-3,7,10-12H2,1H3,(H,35,36)/t26-/m0/s1. The first kappa shape index (κ1) is 25.8. The number of nitrogens with one attached hydrogen (secondary N) is 1. The Balaban J connectivity index is 1.43. The van der Waals surface area contributed by atoms with E-state index < -0.39 is 5.97 Å². The number of carboxylic acid groups (broad SMARTS) is 1. The minimum atomic E-state index is -0.882. The Morgan fingerprint density at radius 1 is 0.892 bits per heavy atom. The summed E-state index contributed by atoms with van der Waals surface area (Å²) in [6.45, 7) is 2.17. The predicted octanol–water partition coefficient (Wildman–Crippen LogP) is 7.18. The van der Waals surface area contributed by atoms with Crippen LogP contribution in [-0.2, 0) is 4.79 Å². The molecule has 1 aromatic heterocycles. The third kappa shape index (κ3) is 7.13. The van der Waals surface area contributed by atoms with Gasteiger partial charge in [0, 0.05) is 35.2 Å². The van der Waals surface area contributed by atoms with Crippen molar-refractivity contribution in [3.63, 3.8) is 0 Å². The number of carbonyl (C=O) groups excluding carboxylic acids is 1. The van der Waals surface area contributed by atoms with Gasteiger partial charge in [0.15, 0.2) is 5.78 Å². The summed E-state index contributed by atoms with van der Waals surface area (Å²) in [5.74, 6) is 0.118. The monoisotopic (exact) mass is 497 g/mol. The molecule has 190 valence electrons. The molecule has 1 heterocycles. The van der Waals surface area contributed by atoms with Crippen LogP contribution in [0.4, 0.5) is 5.69 Å². The van der Waals surface area contributed by atoms with Gasteiger partial charge in [0.25, 0.3) is 5.89 Å². The average molecular weight is 498 g/mol. The highest BCUT2D eigenvalue weighted by Gasteiger charge is 2.15. The van der Waals surface area contributed by atoms with Crippen molar-refractivity contribution in [3.05, 3.63) is 90.0 Å². The average Bonchev–Trinajstić information content (AvgIpc) is 3.42. The fraction of sp³-hybridized carbons (Fsp3) is 0.267. The number of aliphatic carboxylic acids is 1. The lowest BCUT2D eigenvalue weighted by Gasteiger charge is -2.21. The normalized spacial score (nSPS) is 11.7. The Kier molecular flexibility index (Phi) is 8.81. The molecule has 0 aliphatic carbocycles. The smallest absolute Gasteiger partial charge is 0.303 e. The molecule has 4 aromatic rings. The lowest BCUT2D eigenvalue weighted by atomic mass is 9.99. The van der Waals surface area contributed by atoms with Gasteiger partial charge in [0.2, 0.25) is 5.82 Å². The van der Waals surface area contributed by atoms with E-state index in [0.717, 1.165) is 41.6 Å². The van der Waals surface area contributed by atoms with Gasteiger partial charge in [-0.1, -0.05) is 67.4 Å². The van der Waals surface area contributed by atoms with Crippen LogP contribution in [0.25, 0.3) is 22.8 Å². The van der Waals surface area contributed by atoms with Crippen LogP contribution in [0.2, 0.25) is 0 Å². The van der Waals surface area contributed by atoms with E-state index in [9.17, 15) is 9.59 Å². The van der Waals surface area contributed by atoms with Crippen LogP contribution in [0, 0.1) is 0 Å². The molecule has 0 aliphatic rings. The van der Waals surface area contributed by atoms with Gasteiger partial charge in [-0.05, 0) is 54.8 Å². The third-order valence-electron chi connectivity index (χ3n) is 6.21. The quantitative estimate of drug-likeness (QED) is 0.188. The summed E-state index contributed by atoms with van der Waals surface area (Å²) in [7, 11) is 0. The van der Waals surface area contributed by atoms with E-state index in [1.807, 2.05) is 54.6 Å². The van der Waals surface area contributed by atoms with Crippen LogP contribution < -0.4 is 5.32 Å². The van der Waals surface area contributed by atoms with E-state index in [4.69, 9.17) is 9.63 Å². The number of nitrogens with zero attached hydrogens (tertiary/aromatic N) is 2. The van der Waals surface area contributed by atoms with Crippen LogP contribution in [0.1, 0.15) is 67.4 Å². The third-order valence-corrected chi connectivity index (χ3v) is 6.21. The van der Waals surface area contributed by atoms with Gasteiger partial charge in [-0.2, -0.15) is 4.98 Å². The molecule has 2 N–H and O–H groups in total. The van der Waals surface area contributed by atoms with Gasteiger partial charge < -0.3 is 14.9 Å². The van der Waals surface area contributed by atoms with Crippen molar-refractivity contribution < 1.29 is 19.2 Å². The molecule has 0 radical (unpaired) electrons. The van der Waals surface area contributed by atoms with Crippen molar-refractivity contribution in [2.45, 2.75) is 51.5 Å². The Labute approximate surface area is 216 Å². The highest BCUT2D eigenvalue weighted by atomic mass is 16.5. The molecule has 7 nitrogen and oxygen atoms in total. The second kappa shape index (κ2) is 12.6. The topological polar surface area (TPSA) is 105 Å². The fourth-order valence-corrected chi connectivity index (χ4v) is 4.13. The summed E-state index contributed by atoms with van der Waals surface area (Å²) >= 11 is 0. The highest BCUT2D eigenvalue weighted by molar-refractivity contribution is 5.96. The molecule has 1 atom stereocenters. The second-order valence-corrected chi connectivity index (χ2v) is 9.00. The Bertz CT molecular complexity index is 1300. The highest BCUT2D eigenvalue weighted by Crippen LogP contribution is 2.28. The first-order valence-corrected chi connectivity index (χ1v) is 12.6. The van der Waals surface area contributed by atoms with Gasteiger partial charge in [-0.3, -0.25) is 9.59 Å². The summed E-state index contributed by atoms with van der Waals surface area (Å²) < 4.78 is 5.50. The van der Waals surface area contributed by atoms with Crippen molar-refractivity contribution in [1.82, 2.24) is 10.1 Å². The first-order chi connectivity index (χ1) is 18.0. The van der Waals surface area contributed by atoms with Crippen LogP contribution in [0.5, 0.6) is 0 Å². The molecule has 0 fully saturated rings. The molecular weight excluding hydrogens is 466 g/mol. The van der Waals surface area contributed by atoms with Crippen molar-refractivity contribution in [2.24, 2.45) is 0 Å². The second-order valence-electron chi connectivity index (χ2n) is 9.00. The maximum Gasteiger partial charge on any atom is 0.303 e. The summed E-state index contributed by atoms with van der Waals surface area (Å²) in [6.07, 6.45) is 3.71. The molecule has 37 heavy (non-hydrogen) atoms. The number of carboxylic acids is 1. The molecule has 7 heteroatoms. The summed E-state index contributed by atoms with van der Waals surface area (Å²) in [6, 6.07) is 25.4. The molecule has 3 aromatic carbocycles. The van der Waals surface area contributed by atoms with Crippen molar-refractivity contribution >= 4 is 17.4 Å². The minimum Gasteiger partial charge on any atom is -0.481 e. The van der Waals surface area contributed by atoms with Crippen LogP contribution in [0.3, 0.4) is 0 Å². The zero-order chi connectivity index (χ0) is 26.0. The van der Waals surface area contributed by atoms with E-state index in [-0.39, 0.29) is 24.7 Å². The lowest BCUT2D eigenvalue weighted by Crippen LogP contribution is -2.11. The number of ketones is 1. The van der Waals surface area contributed by atoms with E-state index in [1.165, 1.54) is 0 Å². The molecule has 0 saturated carbocycles. The number of aromatic nitrogens is 2. The zero-order valence-corrected chi connectivity index (χ0v) is 20.9.